The summed E-state index contributed by atoms with van der Waals surface area (Å²) in [7, 11) is 0. The molecule has 1 aromatic rings. The molecule has 0 amide bonds. The lowest BCUT2D eigenvalue weighted by atomic mass is 10.1. The third-order valence-corrected chi connectivity index (χ3v) is 3.09. The lowest BCUT2D eigenvalue weighted by Gasteiger charge is -2.27. The minimum atomic E-state index is -0.411. The van der Waals surface area contributed by atoms with Gasteiger partial charge in [-0.2, -0.15) is 0 Å². The fourth-order valence-corrected chi connectivity index (χ4v) is 2.24. The van der Waals surface area contributed by atoms with Crippen LogP contribution in [0.15, 0.2) is 24.3 Å². The third-order valence-electron chi connectivity index (χ3n) is 2.35. The zero-order chi connectivity index (χ0) is 11.5. The smallest absolute Gasteiger partial charge is 0.269 e. The molecule has 0 spiro atoms. The summed E-state index contributed by atoms with van der Waals surface area (Å²) in [6.45, 7) is 0.753. The highest BCUT2D eigenvalue weighted by atomic mass is 79.9. The molecule has 1 aromatic carbocycles. The molecule has 0 aromatic heterocycles. The second-order valence-corrected chi connectivity index (χ2v) is 4.62. The Hall–Kier alpha value is -0.980. The summed E-state index contributed by atoms with van der Waals surface area (Å²) in [5, 5.41) is 10.6. The number of halogens is 1. The number of benzene rings is 1. The summed E-state index contributed by atoms with van der Waals surface area (Å²) in [4.78, 5) is 10.3. The first-order chi connectivity index (χ1) is 7.68. The average molecular weight is 288 g/mol. The van der Waals surface area contributed by atoms with Crippen molar-refractivity contribution in [3.05, 3.63) is 39.9 Å². The van der Waals surface area contributed by atoms with E-state index in [1.54, 1.807) is 6.07 Å². The van der Waals surface area contributed by atoms with Crippen LogP contribution in [0.5, 0.6) is 0 Å². The number of nitrogens with zero attached hydrogens (tertiary/aromatic N) is 1. The summed E-state index contributed by atoms with van der Waals surface area (Å²) in [6, 6.07) is 6.47. The predicted molar refractivity (Wildman–Crippen MR) is 60.5 cm³/mol. The van der Waals surface area contributed by atoms with E-state index in [1.807, 2.05) is 6.07 Å². The van der Waals surface area contributed by atoms with Gasteiger partial charge in [0.2, 0.25) is 0 Å². The third kappa shape index (κ3) is 2.40. The summed E-state index contributed by atoms with van der Waals surface area (Å²) in [5.74, 6) is 0. The first-order valence-corrected chi connectivity index (χ1v) is 5.68. The molecule has 0 unspecified atom stereocenters. The molecule has 1 saturated heterocycles. The zero-order valence-corrected chi connectivity index (χ0v) is 9.92. The number of nitro benzene ring substituents is 1. The van der Waals surface area contributed by atoms with E-state index in [1.165, 1.54) is 12.1 Å². The lowest BCUT2D eigenvalue weighted by Crippen LogP contribution is -2.28. The first-order valence-electron chi connectivity index (χ1n) is 4.76. The van der Waals surface area contributed by atoms with Crippen LogP contribution in [-0.4, -0.2) is 23.2 Å². The molecule has 2 atom stereocenters. The van der Waals surface area contributed by atoms with Crippen molar-refractivity contribution in [3.8, 4) is 0 Å². The molecule has 16 heavy (non-hydrogen) atoms. The van der Waals surface area contributed by atoms with Crippen LogP contribution in [0.3, 0.4) is 0 Å². The highest BCUT2D eigenvalue weighted by Gasteiger charge is 2.26. The van der Waals surface area contributed by atoms with Gasteiger partial charge in [-0.15, -0.1) is 0 Å². The molecule has 1 aliphatic rings. The Kier molecular flexibility index (Phi) is 3.52. The second-order valence-electron chi connectivity index (χ2n) is 3.44. The molecule has 0 bridgehead atoms. The van der Waals surface area contributed by atoms with Crippen LogP contribution in [0.2, 0.25) is 0 Å². The molecule has 1 aliphatic heterocycles. The van der Waals surface area contributed by atoms with Gasteiger partial charge in [-0.1, -0.05) is 28.1 Å². The summed E-state index contributed by atoms with van der Waals surface area (Å²) >= 11 is 3.43. The zero-order valence-electron chi connectivity index (χ0n) is 8.34. The number of hydrogen-bond acceptors (Lipinski definition) is 4. The highest BCUT2D eigenvalue weighted by Crippen LogP contribution is 2.31. The Labute approximate surface area is 101 Å². The monoisotopic (exact) mass is 287 g/mol. The van der Waals surface area contributed by atoms with Crippen molar-refractivity contribution in [3.63, 3.8) is 0 Å². The van der Waals surface area contributed by atoms with Crippen molar-refractivity contribution in [2.24, 2.45) is 0 Å². The van der Waals surface area contributed by atoms with Crippen LogP contribution >= 0.6 is 15.9 Å². The van der Waals surface area contributed by atoms with Crippen LogP contribution in [0.1, 0.15) is 11.7 Å². The molecule has 0 radical (unpaired) electrons. The maximum atomic E-state index is 10.6. The fraction of sp³-hybridized carbons (Fsp3) is 0.400. The second kappa shape index (κ2) is 4.90. The van der Waals surface area contributed by atoms with Gasteiger partial charge in [0.15, 0.2) is 0 Å². The molecular formula is C10H10BrNO4. The standard InChI is InChI=1S/C10H10BrNO4/c11-9-5-15-6-16-10(9)7-2-1-3-8(4-7)12(13)14/h1-4,9-10H,5-6H2/t9-,10-/m1/s1. The number of rotatable bonds is 2. The average Bonchev–Trinajstić information content (AvgIpc) is 2.30. The van der Waals surface area contributed by atoms with Crippen LogP contribution in [0.4, 0.5) is 5.69 Å². The first kappa shape index (κ1) is 11.5. The number of nitro groups is 1. The van der Waals surface area contributed by atoms with E-state index in [-0.39, 0.29) is 23.4 Å². The van der Waals surface area contributed by atoms with Crippen LogP contribution in [0.25, 0.3) is 0 Å². The Morgan fingerprint density at radius 2 is 2.31 bits per heavy atom. The number of ether oxygens (including phenoxy) is 2. The molecule has 0 aliphatic carbocycles. The van der Waals surface area contributed by atoms with E-state index in [0.29, 0.717) is 6.61 Å². The van der Waals surface area contributed by atoms with Gasteiger partial charge < -0.3 is 9.47 Å². The molecule has 1 fully saturated rings. The van der Waals surface area contributed by atoms with Crippen molar-refractivity contribution in [1.29, 1.82) is 0 Å². The van der Waals surface area contributed by atoms with Crippen molar-refractivity contribution in [1.82, 2.24) is 0 Å². The number of hydrogen-bond donors (Lipinski definition) is 0. The van der Waals surface area contributed by atoms with Crippen molar-refractivity contribution in [2.75, 3.05) is 13.4 Å². The molecule has 2 rings (SSSR count). The molecule has 6 heteroatoms. The van der Waals surface area contributed by atoms with Gasteiger partial charge in [0.25, 0.3) is 5.69 Å². The van der Waals surface area contributed by atoms with E-state index in [4.69, 9.17) is 9.47 Å². The summed E-state index contributed by atoms with van der Waals surface area (Å²) < 4.78 is 10.5. The largest absolute Gasteiger partial charge is 0.354 e. The Morgan fingerprint density at radius 3 is 3.00 bits per heavy atom. The van der Waals surface area contributed by atoms with E-state index < -0.39 is 4.92 Å². The molecule has 0 N–H and O–H groups in total. The quantitative estimate of drug-likeness (QED) is 0.476. The fourth-order valence-electron chi connectivity index (χ4n) is 1.59. The van der Waals surface area contributed by atoms with Crippen molar-refractivity contribution < 1.29 is 14.4 Å². The molecule has 86 valence electrons. The predicted octanol–water partition coefficient (Wildman–Crippen LogP) is 2.40. The topological polar surface area (TPSA) is 61.6 Å². The molecular weight excluding hydrogens is 278 g/mol. The molecule has 1 heterocycles. The van der Waals surface area contributed by atoms with Crippen LogP contribution in [0, 0.1) is 10.1 Å². The SMILES string of the molecule is O=[N+]([O-])c1cccc([C@H]2OCOC[C@H]2Br)c1. The van der Waals surface area contributed by atoms with Crippen LogP contribution in [-0.2, 0) is 9.47 Å². The van der Waals surface area contributed by atoms with Crippen LogP contribution < -0.4 is 0 Å². The Balaban J connectivity index is 2.25. The normalized spacial score (nSPS) is 25.3. The van der Waals surface area contributed by atoms with E-state index in [0.717, 1.165) is 5.56 Å². The van der Waals surface area contributed by atoms with Gasteiger partial charge in [0, 0.05) is 12.1 Å². The summed E-state index contributed by atoms with van der Waals surface area (Å²) in [6.07, 6.45) is -0.200. The van der Waals surface area contributed by atoms with Gasteiger partial charge in [-0.25, -0.2) is 0 Å². The van der Waals surface area contributed by atoms with Gasteiger partial charge >= 0.3 is 0 Å². The molecule has 0 saturated carbocycles. The molecule has 5 nitrogen and oxygen atoms in total. The van der Waals surface area contributed by atoms with Crippen molar-refractivity contribution in [2.45, 2.75) is 10.9 Å². The summed E-state index contributed by atoms with van der Waals surface area (Å²) in [5.41, 5.74) is 0.867. The maximum absolute atomic E-state index is 10.6. The van der Waals surface area contributed by atoms with Crippen molar-refractivity contribution >= 4 is 21.6 Å². The minimum absolute atomic E-state index is 0.0169. The van der Waals surface area contributed by atoms with Gasteiger partial charge in [0.1, 0.15) is 12.9 Å². The number of non-ortho nitro benzene ring substituents is 1. The minimum Gasteiger partial charge on any atom is -0.354 e. The highest BCUT2D eigenvalue weighted by molar-refractivity contribution is 9.09. The number of alkyl halides is 1. The van der Waals surface area contributed by atoms with E-state index >= 15 is 0 Å². The van der Waals surface area contributed by atoms with Gasteiger partial charge in [-0.3, -0.25) is 10.1 Å². The Morgan fingerprint density at radius 1 is 1.50 bits per heavy atom. The van der Waals surface area contributed by atoms with E-state index in [2.05, 4.69) is 15.9 Å². The lowest BCUT2D eigenvalue weighted by molar-refractivity contribution is -0.385. The Bertz CT molecular complexity index is 398. The maximum Gasteiger partial charge on any atom is 0.269 e. The van der Waals surface area contributed by atoms with Gasteiger partial charge in [0.05, 0.1) is 16.4 Å². The van der Waals surface area contributed by atoms with E-state index in [9.17, 15) is 10.1 Å². The van der Waals surface area contributed by atoms with Gasteiger partial charge in [-0.05, 0) is 5.56 Å².